The lowest BCUT2D eigenvalue weighted by atomic mass is 10.1. The van der Waals surface area contributed by atoms with E-state index in [1.807, 2.05) is 12.1 Å². The fourth-order valence-electron chi connectivity index (χ4n) is 1.92. The second-order valence-electron chi connectivity index (χ2n) is 3.97. The minimum atomic E-state index is 0.334. The molecular formula is C13H19NO2. The zero-order chi connectivity index (χ0) is 11.4. The zero-order valence-corrected chi connectivity index (χ0v) is 9.95. The highest BCUT2D eigenvalue weighted by Gasteiger charge is 2.23. The summed E-state index contributed by atoms with van der Waals surface area (Å²) in [4.78, 5) is 0. The van der Waals surface area contributed by atoms with Crippen LogP contribution in [-0.2, 0) is 0 Å². The number of fused-ring (bicyclic) bond motifs is 1. The van der Waals surface area contributed by atoms with Gasteiger partial charge in [0.05, 0.1) is 12.6 Å². The molecule has 2 rings (SSSR count). The standard InChI is InChI=1S/C13H19NO2/c1-3-7-15-10-5-6-11-12(14-4-2)9-16-13(11)8-10/h5-6,8,12,14H,3-4,7,9H2,1-2H3. The lowest BCUT2D eigenvalue weighted by Crippen LogP contribution is -2.21. The van der Waals surface area contributed by atoms with E-state index in [2.05, 4.69) is 25.2 Å². The molecule has 0 amide bonds. The Kier molecular flexibility index (Phi) is 3.67. The molecule has 0 spiro atoms. The van der Waals surface area contributed by atoms with Gasteiger partial charge in [-0.25, -0.2) is 0 Å². The van der Waals surface area contributed by atoms with Gasteiger partial charge in [-0.2, -0.15) is 0 Å². The molecule has 1 heterocycles. The van der Waals surface area contributed by atoms with Crippen LogP contribution in [0.4, 0.5) is 0 Å². The first-order valence-corrected chi connectivity index (χ1v) is 5.98. The third kappa shape index (κ3) is 2.30. The monoisotopic (exact) mass is 221 g/mol. The topological polar surface area (TPSA) is 30.5 Å². The zero-order valence-electron chi connectivity index (χ0n) is 9.95. The van der Waals surface area contributed by atoms with Gasteiger partial charge in [-0.15, -0.1) is 0 Å². The Morgan fingerprint density at radius 1 is 1.44 bits per heavy atom. The van der Waals surface area contributed by atoms with Crippen LogP contribution in [0.2, 0.25) is 0 Å². The summed E-state index contributed by atoms with van der Waals surface area (Å²) in [6, 6.07) is 6.44. The van der Waals surface area contributed by atoms with Gasteiger partial charge in [0.25, 0.3) is 0 Å². The van der Waals surface area contributed by atoms with Crippen molar-refractivity contribution in [2.75, 3.05) is 19.8 Å². The van der Waals surface area contributed by atoms with Crippen molar-refractivity contribution in [2.45, 2.75) is 26.3 Å². The van der Waals surface area contributed by atoms with E-state index in [1.54, 1.807) is 0 Å². The van der Waals surface area contributed by atoms with E-state index >= 15 is 0 Å². The molecule has 1 aliphatic rings. The maximum Gasteiger partial charge on any atom is 0.127 e. The van der Waals surface area contributed by atoms with Crippen LogP contribution >= 0.6 is 0 Å². The van der Waals surface area contributed by atoms with Crippen molar-refractivity contribution in [2.24, 2.45) is 0 Å². The maximum absolute atomic E-state index is 5.64. The summed E-state index contributed by atoms with van der Waals surface area (Å²) in [7, 11) is 0. The molecule has 0 saturated heterocycles. The van der Waals surface area contributed by atoms with Crippen molar-refractivity contribution >= 4 is 0 Å². The van der Waals surface area contributed by atoms with Crippen LogP contribution in [0, 0.1) is 0 Å². The first-order chi connectivity index (χ1) is 7.85. The molecule has 0 aliphatic carbocycles. The summed E-state index contributed by atoms with van der Waals surface area (Å²) in [6.07, 6.45) is 1.03. The van der Waals surface area contributed by atoms with E-state index in [1.165, 1.54) is 5.56 Å². The Labute approximate surface area is 96.8 Å². The summed E-state index contributed by atoms with van der Waals surface area (Å²) in [5.74, 6) is 1.86. The van der Waals surface area contributed by atoms with Crippen LogP contribution in [0.3, 0.4) is 0 Å². The van der Waals surface area contributed by atoms with Gasteiger partial charge in [-0.05, 0) is 25.1 Å². The number of ether oxygens (including phenoxy) is 2. The summed E-state index contributed by atoms with van der Waals surface area (Å²) >= 11 is 0. The van der Waals surface area contributed by atoms with Gasteiger partial charge in [-0.1, -0.05) is 13.8 Å². The van der Waals surface area contributed by atoms with Crippen molar-refractivity contribution in [1.29, 1.82) is 0 Å². The summed E-state index contributed by atoms with van der Waals surface area (Å²) in [5.41, 5.74) is 1.24. The average Bonchev–Trinajstić information content (AvgIpc) is 2.70. The van der Waals surface area contributed by atoms with E-state index in [-0.39, 0.29) is 0 Å². The number of rotatable bonds is 5. The van der Waals surface area contributed by atoms with Gasteiger partial charge in [0.2, 0.25) is 0 Å². The molecule has 1 atom stereocenters. The Balaban J connectivity index is 2.09. The van der Waals surface area contributed by atoms with E-state index < -0.39 is 0 Å². The molecule has 1 aromatic rings. The van der Waals surface area contributed by atoms with E-state index in [4.69, 9.17) is 9.47 Å². The predicted molar refractivity (Wildman–Crippen MR) is 64.1 cm³/mol. The second kappa shape index (κ2) is 5.21. The first-order valence-electron chi connectivity index (χ1n) is 5.98. The van der Waals surface area contributed by atoms with Crippen molar-refractivity contribution in [3.05, 3.63) is 23.8 Å². The van der Waals surface area contributed by atoms with Gasteiger partial charge in [0.1, 0.15) is 18.1 Å². The minimum Gasteiger partial charge on any atom is -0.493 e. The van der Waals surface area contributed by atoms with Crippen LogP contribution in [0.1, 0.15) is 31.9 Å². The predicted octanol–water partition coefficient (Wildman–Crippen LogP) is 2.52. The highest BCUT2D eigenvalue weighted by Crippen LogP contribution is 2.35. The molecule has 3 heteroatoms. The molecule has 0 aromatic heterocycles. The highest BCUT2D eigenvalue weighted by molar-refractivity contribution is 5.44. The number of benzene rings is 1. The van der Waals surface area contributed by atoms with Crippen LogP contribution in [0.5, 0.6) is 11.5 Å². The molecule has 1 aliphatic heterocycles. The van der Waals surface area contributed by atoms with Gasteiger partial charge >= 0.3 is 0 Å². The van der Waals surface area contributed by atoms with Crippen LogP contribution in [0.15, 0.2) is 18.2 Å². The quantitative estimate of drug-likeness (QED) is 0.828. The SMILES string of the molecule is CCCOc1ccc2c(c1)OCC2NCC. The molecule has 16 heavy (non-hydrogen) atoms. The van der Waals surface area contributed by atoms with Crippen molar-refractivity contribution in [1.82, 2.24) is 5.32 Å². The lowest BCUT2D eigenvalue weighted by molar-refractivity contribution is 0.303. The Morgan fingerprint density at radius 2 is 2.31 bits per heavy atom. The van der Waals surface area contributed by atoms with Crippen LogP contribution in [-0.4, -0.2) is 19.8 Å². The normalized spacial score (nSPS) is 18.0. The van der Waals surface area contributed by atoms with Crippen LogP contribution in [0.25, 0.3) is 0 Å². The van der Waals surface area contributed by atoms with Crippen molar-refractivity contribution in [3.8, 4) is 11.5 Å². The number of nitrogens with one attached hydrogen (secondary N) is 1. The third-order valence-electron chi connectivity index (χ3n) is 2.69. The molecule has 3 nitrogen and oxygen atoms in total. The second-order valence-corrected chi connectivity index (χ2v) is 3.97. The molecule has 0 saturated carbocycles. The molecular weight excluding hydrogens is 202 g/mol. The largest absolute Gasteiger partial charge is 0.493 e. The Bertz CT molecular complexity index is 352. The summed E-state index contributed by atoms with van der Waals surface area (Å²) in [5, 5.41) is 3.40. The van der Waals surface area contributed by atoms with E-state index in [0.29, 0.717) is 6.04 Å². The minimum absolute atomic E-state index is 0.334. The Hall–Kier alpha value is -1.22. The molecule has 0 fully saturated rings. The van der Waals surface area contributed by atoms with Gasteiger partial charge in [-0.3, -0.25) is 0 Å². The molecule has 0 bridgehead atoms. The maximum atomic E-state index is 5.64. The van der Waals surface area contributed by atoms with Crippen molar-refractivity contribution in [3.63, 3.8) is 0 Å². The molecule has 0 radical (unpaired) electrons. The van der Waals surface area contributed by atoms with E-state index in [9.17, 15) is 0 Å². The molecule has 88 valence electrons. The first kappa shape index (κ1) is 11.3. The van der Waals surface area contributed by atoms with Gasteiger partial charge < -0.3 is 14.8 Å². The molecule has 1 aromatic carbocycles. The number of hydrogen-bond donors (Lipinski definition) is 1. The lowest BCUT2D eigenvalue weighted by Gasteiger charge is -2.09. The van der Waals surface area contributed by atoms with Gasteiger partial charge in [0, 0.05) is 11.6 Å². The average molecular weight is 221 g/mol. The summed E-state index contributed by atoms with van der Waals surface area (Å²) in [6.45, 7) is 6.65. The number of hydrogen-bond acceptors (Lipinski definition) is 3. The van der Waals surface area contributed by atoms with Crippen LogP contribution < -0.4 is 14.8 Å². The molecule has 1 N–H and O–H groups in total. The fraction of sp³-hybridized carbons (Fsp3) is 0.538. The number of likely N-dealkylation sites (N-methyl/N-ethyl adjacent to an activating group) is 1. The summed E-state index contributed by atoms with van der Waals surface area (Å²) < 4.78 is 11.2. The highest BCUT2D eigenvalue weighted by atomic mass is 16.5. The third-order valence-corrected chi connectivity index (χ3v) is 2.69. The van der Waals surface area contributed by atoms with E-state index in [0.717, 1.165) is 37.7 Å². The molecule has 1 unspecified atom stereocenters. The van der Waals surface area contributed by atoms with Gasteiger partial charge in [0.15, 0.2) is 0 Å². The Morgan fingerprint density at radius 3 is 3.06 bits per heavy atom. The van der Waals surface area contributed by atoms with Crippen molar-refractivity contribution < 1.29 is 9.47 Å². The fourth-order valence-corrected chi connectivity index (χ4v) is 1.92. The smallest absolute Gasteiger partial charge is 0.127 e.